The summed E-state index contributed by atoms with van der Waals surface area (Å²) in [6.07, 6.45) is 10.5. The second-order valence-electron chi connectivity index (χ2n) is 6.74. The Morgan fingerprint density at radius 2 is 2.00 bits per heavy atom. The maximum Gasteiger partial charge on any atom is 0.140 e. The minimum atomic E-state index is 0.335. The summed E-state index contributed by atoms with van der Waals surface area (Å²) >= 11 is 0. The fraction of sp³-hybridized carbons (Fsp3) is 0.632. The molecule has 1 heteroatoms. The summed E-state index contributed by atoms with van der Waals surface area (Å²) < 4.78 is 0. The zero-order valence-corrected chi connectivity index (χ0v) is 12.7. The van der Waals surface area contributed by atoms with Crippen molar-refractivity contribution in [3.63, 3.8) is 0 Å². The fourth-order valence-electron chi connectivity index (χ4n) is 4.03. The number of rotatable bonds is 4. The highest BCUT2D eigenvalue weighted by atomic mass is 16.1. The first-order valence-corrected chi connectivity index (χ1v) is 8.39. The molecule has 20 heavy (non-hydrogen) atoms. The topological polar surface area (TPSA) is 17.1 Å². The van der Waals surface area contributed by atoms with E-state index in [2.05, 4.69) is 25.1 Å². The highest BCUT2D eigenvalue weighted by molar-refractivity contribution is 5.83. The number of carbonyl (C=O) groups excluding carboxylic acids is 1. The maximum absolute atomic E-state index is 12.5. The van der Waals surface area contributed by atoms with Gasteiger partial charge in [-0.05, 0) is 54.7 Å². The van der Waals surface area contributed by atoms with Gasteiger partial charge in [-0.2, -0.15) is 0 Å². The van der Waals surface area contributed by atoms with Crippen molar-refractivity contribution in [3.05, 3.63) is 34.9 Å². The van der Waals surface area contributed by atoms with Crippen LogP contribution in [0.3, 0.4) is 0 Å². The Morgan fingerprint density at radius 1 is 1.15 bits per heavy atom. The Hall–Kier alpha value is -1.11. The Morgan fingerprint density at radius 3 is 2.85 bits per heavy atom. The largest absolute Gasteiger partial charge is 0.299 e. The van der Waals surface area contributed by atoms with Gasteiger partial charge < -0.3 is 0 Å². The Bertz CT molecular complexity index is 489. The molecule has 108 valence electrons. The molecular formula is C19H26O. The molecule has 2 aliphatic carbocycles. The molecule has 3 rings (SSSR count). The second-order valence-corrected chi connectivity index (χ2v) is 6.74. The number of hydrogen-bond donors (Lipinski definition) is 0. The molecule has 0 heterocycles. The van der Waals surface area contributed by atoms with Crippen molar-refractivity contribution in [2.75, 3.05) is 0 Å². The summed E-state index contributed by atoms with van der Waals surface area (Å²) in [6, 6.07) is 6.73. The van der Waals surface area contributed by atoms with E-state index in [1.807, 2.05) is 0 Å². The smallest absolute Gasteiger partial charge is 0.140 e. The summed E-state index contributed by atoms with van der Waals surface area (Å²) in [6.45, 7) is 2.26. The lowest BCUT2D eigenvalue weighted by Gasteiger charge is -2.27. The third-order valence-electron chi connectivity index (χ3n) is 5.36. The number of Topliss-reactive ketones (excluding diaryl/α,β-unsaturated/α-hetero) is 1. The molecule has 2 unspecified atom stereocenters. The van der Waals surface area contributed by atoms with Gasteiger partial charge in [0.25, 0.3) is 0 Å². The molecule has 2 aliphatic rings. The molecule has 0 aromatic heterocycles. The molecule has 1 aromatic carbocycles. The van der Waals surface area contributed by atoms with Gasteiger partial charge in [-0.3, -0.25) is 4.79 Å². The van der Waals surface area contributed by atoms with Gasteiger partial charge in [0.05, 0.1) is 0 Å². The van der Waals surface area contributed by atoms with Gasteiger partial charge in [-0.15, -0.1) is 0 Å². The lowest BCUT2D eigenvalue weighted by atomic mass is 9.77. The lowest BCUT2D eigenvalue weighted by Crippen LogP contribution is -2.24. The van der Waals surface area contributed by atoms with Crippen molar-refractivity contribution in [3.8, 4) is 0 Å². The maximum atomic E-state index is 12.5. The standard InChI is InChI=1S/C19H26O/c1-2-14-5-3-8-18(11-14)19(20)13-15-9-10-16-6-4-7-17(16)12-15/h9-10,12,14,18H,2-8,11,13H2,1H3. The van der Waals surface area contributed by atoms with Crippen molar-refractivity contribution >= 4 is 5.78 Å². The number of benzene rings is 1. The molecule has 0 aliphatic heterocycles. The van der Waals surface area contributed by atoms with Crippen molar-refractivity contribution in [1.82, 2.24) is 0 Å². The molecule has 0 N–H and O–H groups in total. The molecule has 2 atom stereocenters. The molecule has 1 saturated carbocycles. The summed E-state index contributed by atoms with van der Waals surface area (Å²) in [7, 11) is 0. The summed E-state index contributed by atoms with van der Waals surface area (Å²) in [5.74, 6) is 1.61. The molecule has 0 saturated heterocycles. The van der Waals surface area contributed by atoms with Crippen LogP contribution in [0.4, 0.5) is 0 Å². The van der Waals surface area contributed by atoms with E-state index >= 15 is 0 Å². The van der Waals surface area contributed by atoms with Gasteiger partial charge in [0.2, 0.25) is 0 Å². The SMILES string of the molecule is CCC1CCCC(C(=O)Cc2ccc3c(c2)CCC3)C1. The van der Waals surface area contributed by atoms with E-state index in [4.69, 9.17) is 0 Å². The van der Waals surface area contributed by atoms with Crippen LogP contribution in [0.25, 0.3) is 0 Å². The van der Waals surface area contributed by atoms with Crippen LogP contribution in [0.15, 0.2) is 18.2 Å². The minimum Gasteiger partial charge on any atom is -0.299 e. The van der Waals surface area contributed by atoms with Crippen LogP contribution in [0.2, 0.25) is 0 Å². The zero-order chi connectivity index (χ0) is 13.9. The van der Waals surface area contributed by atoms with Crippen LogP contribution < -0.4 is 0 Å². The average Bonchev–Trinajstić information content (AvgIpc) is 2.95. The summed E-state index contributed by atoms with van der Waals surface area (Å²) in [4.78, 5) is 12.5. The quantitative estimate of drug-likeness (QED) is 0.787. The average molecular weight is 270 g/mol. The van der Waals surface area contributed by atoms with Crippen molar-refractivity contribution in [1.29, 1.82) is 0 Å². The van der Waals surface area contributed by atoms with Crippen molar-refractivity contribution in [2.24, 2.45) is 11.8 Å². The fourth-order valence-corrected chi connectivity index (χ4v) is 4.03. The number of aryl methyl sites for hydroxylation is 2. The zero-order valence-electron chi connectivity index (χ0n) is 12.7. The molecular weight excluding hydrogens is 244 g/mol. The number of ketones is 1. The van der Waals surface area contributed by atoms with Gasteiger partial charge in [-0.25, -0.2) is 0 Å². The lowest BCUT2D eigenvalue weighted by molar-refractivity contribution is -0.123. The van der Waals surface area contributed by atoms with Gasteiger partial charge in [0.1, 0.15) is 5.78 Å². The first-order valence-electron chi connectivity index (χ1n) is 8.39. The molecule has 0 radical (unpaired) electrons. The van der Waals surface area contributed by atoms with E-state index in [1.54, 1.807) is 0 Å². The molecule has 1 fully saturated rings. The van der Waals surface area contributed by atoms with E-state index in [9.17, 15) is 4.79 Å². The minimum absolute atomic E-state index is 0.335. The predicted molar refractivity (Wildman–Crippen MR) is 82.9 cm³/mol. The van der Waals surface area contributed by atoms with Crippen LogP contribution in [-0.2, 0) is 24.1 Å². The third-order valence-corrected chi connectivity index (χ3v) is 5.36. The third kappa shape index (κ3) is 2.97. The summed E-state index contributed by atoms with van der Waals surface area (Å²) in [5, 5.41) is 0. The van der Waals surface area contributed by atoms with Gasteiger partial charge in [-0.1, -0.05) is 44.4 Å². The number of hydrogen-bond acceptors (Lipinski definition) is 1. The van der Waals surface area contributed by atoms with E-state index in [0.717, 1.165) is 18.8 Å². The van der Waals surface area contributed by atoms with E-state index in [1.165, 1.54) is 55.2 Å². The Balaban J connectivity index is 1.63. The van der Waals surface area contributed by atoms with E-state index in [0.29, 0.717) is 18.1 Å². The first-order chi connectivity index (χ1) is 9.76. The Labute approximate surface area is 122 Å². The predicted octanol–water partition coefficient (Wildman–Crippen LogP) is 4.50. The van der Waals surface area contributed by atoms with Crippen molar-refractivity contribution < 1.29 is 4.79 Å². The van der Waals surface area contributed by atoms with Gasteiger partial charge in [0.15, 0.2) is 0 Å². The Kier molecular flexibility index (Phi) is 4.24. The monoisotopic (exact) mass is 270 g/mol. The van der Waals surface area contributed by atoms with E-state index < -0.39 is 0 Å². The molecule has 1 aromatic rings. The normalized spacial score (nSPS) is 25.4. The van der Waals surface area contributed by atoms with Crippen LogP contribution in [-0.4, -0.2) is 5.78 Å². The van der Waals surface area contributed by atoms with Gasteiger partial charge >= 0.3 is 0 Å². The van der Waals surface area contributed by atoms with E-state index in [-0.39, 0.29) is 0 Å². The van der Waals surface area contributed by atoms with Crippen LogP contribution in [0, 0.1) is 11.8 Å². The van der Waals surface area contributed by atoms with Crippen LogP contribution in [0.5, 0.6) is 0 Å². The van der Waals surface area contributed by atoms with Gasteiger partial charge in [0, 0.05) is 12.3 Å². The second kappa shape index (κ2) is 6.11. The van der Waals surface area contributed by atoms with Crippen LogP contribution in [0.1, 0.15) is 62.1 Å². The number of fused-ring (bicyclic) bond motifs is 1. The first kappa shape index (κ1) is 13.9. The molecule has 0 bridgehead atoms. The summed E-state index contributed by atoms with van der Waals surface area (Å²) in [5.41, 5.74) is 4.24. The highest BCUT2D eigenvalue weighted by Crippen LogP contribution is 2.32. The highest BCUT2D eigenvalue weighted by Gasteiger charge is 2.26. The molecule has 0 spiro atoms. The molecule has 1 nitrogen and oxygen atoms in total. The molecule has 0 amide bonds. The number of carbonyl (C=O) groups is 1. The van der Waals surface area contributed by atoms with Crippen LogP contribution >= 0.6 is 0 Å². The van der Waals surface area contributed by atoms with Crippen molar-refractivity contribution in [2.45, 2.75) is 64.7 Å².